The van der Waals surface area contributed by atoms with E-state index in [1.54, 1.807) is 18.2 Å². The number of fused-ring (bicyclic) bond motifs is 1. The third-order valence-electron chi connectivity index (χ3n) is 7.90. The molecule has 0 bridgehead atoms. The molecule has 3 heterocycles. The molecule has 2 aliphatic heterocycles. The van der Waals surface area contributed by atoms with E-state index in [4.69, 9.17) is 9.15 Å². The Morgan fingerprint density at radius 1 is 1.03 bits per heavy atom. The summed E-state index contributed by atoms with van der Waals surface area (Å²) in [6, 6.07) is 20.9. The van der Waals surface area contributed by atoms with Gasteiger partial charge in [0, 0.05) is 26.4 Å². The van der Waals surface area contributed by atoms with Crippen molar-refractivity contribution in [3.8, 4) is 5.75 Å². The van der Waals surface area contributed by atoms with Gasteiger partial charge in [-0.3, -0.25) is 9.59 Å². The van der Waals surface area contributed by atoms with Crippen LogP contribution >= 0.6 is 15.9 Å². The third kappa shape index (κ3) is 3.79. The highest BCUT2D eigenvalue weighted by atomic mass is 79.9. The summed E-state index contributed by atoms with van der Waals surface area (Å²) in [5.74, 6) is -0.448. The van der Waals surface area contributed by atoms with E-state index in [2.05, 4.69) is 54.9 Å². The van der Waals surface area contributed by atoms with E-state index >= 15 is 0 Å². The van der Waals surface area contributed by atoms with Crippen molar-refractivity contribution >= 4 is 49.9 Å². The van der Waals surface area contributed by atoms with E-state index in [0.29, 0.717) is 23.1 Å². The highest BCUT2D eigenvalue weighted by Gasteiger charge is 2.52. The van der Waals surface area contributed by atoms with Gasteiger partial charge in [-0.15, -0.1) is 0 Å². The number of hydrogen-bond acceptors (Lipinski definition) is 5. The molecule has 0 aliphatic carbocycles. The lowest BCUT2D eigenvalue weighted by molar-refractivity contribution is -0.114. The highest BCUT2D eigenvalue weighted by Crippen LogP contribution is 2.56. The van der Waals surface area contributed by atoms with Crippen molar-refractivity contribution in [2.45, 2.75) is 38.1 Å². The zero-order valence-electron chi connectivity index (χ0n) is 22.0. The van der Waals surface area contributed by atoms with Gasteiger partial charge < -0.3 is 14.1 Å². The topological polar surface area (TPSA) is 76.8 Å². The van der Waals surface area contributed by atoms with E-state index in [-0.39, 0.29) is 28.0 Å². The van der Waals surface area contributed by atoms with Gasteiger partial charge in [0.2, 0.25) is 0 Å². The van der Waals surface area contributed by atoms with Crippen LogP contribution in [-0.4, -0.2) is 24.3 Å². The van der Waals surface area contributed by atoms with Gasteiger partial charge in [0.1, 0.15) is 5.56 Å². The van der Waals surface area contributed by atoms with Crippen molar-refractivity contribution in [3.05, 3.63) is 110 Å². The molecule has 0 saturated carbocycles. The summed E-state index contributed by atoms with van der Waals surface area (Å²) in [7, 11) is 1.48. The van der Waals surface area contributed by atoms with Crippen LogP contribution in [0.15, 0.2) is 86.5 Å². The fourth-order valence-corrected chi connectivity index (χ4v) is 6.74. The first kappa shape index (κ1) is 25.3. The monoisotopic (exact) mass is 583 g/mol. The van der Waals surface area contributed by atoms with Crippen LogP contribution in [0.2, 0.25) is 0 Å². The summed E-state index contributed by atoms with van der Waals surface area (Å²) < 4.78 is 11.6. The number of ketones is 1. The largest absolute Gasteiger partial charge is 0.493 e. The number of halogens is 1. The molecule has 1 unspecified atom stereocenters. The number of amides is 1. The van der Waals surface area contributed by atoms with Gasteiger partial charge >= 0.3 is 5.63 Å². The number of anilines is 1. The molecule has 39 heavy (non-hydrogen) atoms. The summed E-state index contributed by atoms with van der Waals surface area (Å²) >= 11 is 3.65. The number of benzene rings is 3. The molecular formula is C32H26BrNO5. The molecule has 6 rings (SSSR count). The van der Waals surface area contributed by atoms with Crippen molar-refractivity contribution in [1.82, 2.24) is 0 Å². The molecule has 1 atom stereocenters. The van der Waals surface area contributed by atoms with Crippen LogP contribution in [0.4, 0.5) is 5.69 Å². The van der Waals surface area contributed by atoms with Crippen LogP contribution in [0, 0.1) is 0 Å². The second-order valence-corrected chi connectivity index (χ2v) is 11.8. The van der Waals surface area contributed by atoms with Crippen molar-refractivity contribution < 1.29 is 18.7 Å². The van der Waals surface area contributed by atoms with E-state index in [0.717, 1.165) is 21.3 Å². The van der Waals surface area contributed by atoms with Crippen molar-refractivity contribution in [3.63, 3.8) is 0 Å². The molecule has 7 heteroatoms. The van der Waals surface area contributed by atoms with Crippen LogP contribution in [0.3, 0.4) is 0 Å². The van der Waals surface area contributed by atoms with E-state index < -0.39 is 16.9 Å². The molecule has 4 aromatic rings. The van der Waals surface area contributed by atoms with Gasteiger partial charge in [0.15, 0.2) is 17.1 Å². The average molecular weight is 584 g/mol. The predicted octanol–water partition coefficient (Wildman–Crippen LogP) is 6.67. The summed E-state index contributed by atoms with van der Waals surface area (Å²) in [6.07, 6.45) is 1.97. The van der Waals surface area contributed by atoms with E-state index in [1.165, 1.54) is 19.3 Å². The fourth-order valence-electron chi connectivity index (χ4n) is 6.28. The number of rotatable bonds is 4. The van der Waals surface area contributed by atoms with Gasteiger partial charge in [0.25, 0.3) is 5.91 Å². The molecule has 1 aromatic heterocycles. The Hall–Kier alpha value is -3.97. The summed E-state index contributed by atoms with van der Waals surface area (Å²) in [5, 5.41) is 0.554. The van der Waals surface area contributed by atoms with E-state index in [9.17, 15) is 14.4 Å². The van der Waals surface area contributed by atoms with Crippen molar-refractivity contribution in [2.75, 3.05) is 12.0 Å². The molecule has 196 valence electrons. The molecular weight excluding hydrogens is 558 g/mol. The van der Waals surface area contributed by atoms with Crippen molar-refractivity contribution in [1.29, 1.82) is 0 Å². The maximum atomic E-state index is 14.0. The SMILES string of the molecule is COc1cccc2cc(C(=O)C=C3C(=O)N4c5c3cc(Br)cc5C(C)(c3ccccc3)CC4(C)C)c(=O)oc12. The molecule has 0 spiro atoms. The van der Waals surface area contributed by atoms with Gasteiger partial charge in [-0.05, 0) is 61.7 Å². The second-order valence-electron chi connectivity index (χ2n) is 10.9. The molecule has 2 aliphatic rings. The lowest BCUT2D eigenvalue weighted by Gasteiger charge is -2.49. The molecule has 0 N–H and O–H groups in total. The number of hydrogen-bond donors (Lipinski definition) is 0. The maximum absolute atomic E-state index is 14.0. The maximum Gasteiger partial charge on any atom is 0.347 e. The van der Waals surface area contributed by atoms with Crippen LogP contribution in [0.1, 0.15) is 54.2 Å². The smallest absolute Gasteiger partial charge is 0.347 e. The Balaban J connectivity index is 1.53. The van der Waals surface area contributed by atoms with Crippen LogP contribution < -0.4 is 15.3 Å². The Morgan fingerprint density at radius 2 is 1.77 bits per heavy atom. The lowest BCUT2D eigenvalue weighted by atomic mass is 9.65. The first-order valence-corrected chi connectivity index (χ1v) is 13.5. The minimum Gasteiger partial charge on any atom is -0.493 e. The predicted molar refractivity (Wildman–Crippen MR) is 155 cm³/mol. The minimum atomic E-state index is -0.785. The fraction of sp³-hybridized carbons (Fsp3) is 0.219. The third-order valence-corrected chi connectivity index (χ3v) is 8.36. The Labute approximate surface area is 234 Å². The van der Waals surface area contributed by atoms with Crippen molar-refractivity contribution in [2.24, 2.45) is 0 Å². The standard InChI is InChI=1S/C32H26BrNO5/c1-31(2)17-32(3,19-10-6-5-7-11-19)24-15-20(33)14-21-22(29(36)34(31)27(21)24)16-25(35)23-13-18-9-8-12-26(38-4)28(18)39-30(23)37/h5-16H,17H2,1-4H3. The Morgan fingerprint density at radius 3 is 2.49 bits per heavy atom. The Bertz CT molecular complexity index is 1790. The number of carbonyl (C=O) groups excluding carboxylic acids is 2. The van der Waals surface area contributed by atoms with Crippen LogP contribution in [0.25, 0.3) is 16.5 Å². The number of para-hydroxylation sites is 1. The molecule has 0 fully saturated rings. The normalized spacial score (nSPS) is 20.4. The lowest BCUT2D eigenvalue weighted by Crippen LogP contribution is -2.54. The van der Waals surface area contributed by atoms with Gasteiger partial charge in [-0.25, -0.2) is 4.79 Å². The number of nitrogens with zero attached hydrogens (tertiary/aromatic N) is 1. The Kier molecular flexibility index (Phi) is 5.70. The first-order chi connectivity index (χ1) is 18.5. The van der Waals surface area contributed by atoms with Gasteiger partial charge in [-0.2, -0.15) is 0 Å². The van der Waals surface area contributed by atoms with Gasteiger partial charge in [0.05, 0.1) is 18.4 Å². The molecule has 0 radical (unpaired) electrons. The quantitative estimate of drug-likeness (QED) is 0.152. The molecule has 6 nitrogen and oxygen atoms in total. The van der Waals surface area contributed by atoms with E-state index in [1.807, 2.05) is 29.2 Å². The van der Waals surface area contributed by atoms with Gasteiger partial charge in [-0.1, -0.05) is 65.3 Å². The summed E-state index contributed by atoms with van der Waals surface area (Å²) in [4.78, 5) is 42.1. The zero-order chi connectivity index (χ0) is 27.7. The first-order valence-electron chi connectivity index (χ1n) is 12.7. The molecule has 1 amide bonds. The second kappa shape index (κ2) is 8.78. The minimum absolute atomic E-state index is 0.144. The summed E-state index contributed by atoms with van der Waals surface area (Å²) in [6.45, 7) is 6.31. The van der Waals surface area contributed by atoms with Crippen LogP contribution in [0.5, 0.6) is 5.75 Å². The van der Waals surface area contributed by atoms with Crippen LogP contribution in [-0.2, 0) is 10.2 Å². The zero-order valence-corrected chi connectivity index (χ0v) is 23.6. The highest BCUT2D eigenvalue weighted by molar-refractivity contribution is 9.10. The summed E-state index contributed by atoms with van der Waals surface area (Å²) in [5.41, 5.74) is 2.34. The number of ether oxygens (including phenoxy) is 1. The number of carbonyl (C=O) groups is 2. The number of methoxy groups -OCH3 is 1. The average Bonchev–Trinajstić information content (AvgIpc) is 3.18. The number of allylic oxidation sites excluding steroid dienone is 1. The molecule has 0 saturated heterocycles. The molecule has 3 aromatic carbocycles.